The summed E-state index contributed by atoms with van der Waals surface area (Å²) in [7, 11) is -3.82. The van der Waals surface area contributed by atoms with Crippen molar-refractivity contribution < 1.29 is 13.2 Å². The number of hydrogen-bond acceptors (Lipinski definition) is 5. The van der Waals surface area contributed by atoms with E-state index in [1.807, 2.05) is 6.92 Å². The highest BCUT2D eigenvalue weighted by molar-refractivity contribution is 7.89. The smallest absolute Gasteiger partial charge is 0.291 e. The van der Waals surface area contributed by atoms with Crippen molar-refractivity contribution >= 4 is 26.8 Å². The van der Waals surface area contributed by atoms with Gasteiger partial charge in [-0.3, -0.25) is 19.6 Å². The van der Waals surface area contributed by atoms with E-state index in [2.05, 4.69) is 17.1 Å². The van der Waals surface area contributed by atoms with E-state index < -0.39 is 32.2 Å². The van der Waals surface area contributed by atoms with Gasteiger partial charge < -0.3 is 0 Å². The SMILES string of the molecule is CC1(Cn2c(=O)n(NC(=O)C34CC3C4)c(=O)c3cc(S(=O)(=O)NC4(C)CC4)ccc32)CC1. The van der Waals surface area contributed by atoms with Crippen molar-refractivity contribution in [3.05, 3.63) is 39.0 Å². The lowest BCUT2D eigenvalue weighted by Crippen LogP contribution is -2.48. The minimum Gasteiger partial charge on any atom is -0.291 e. The monoisotopic (exact) mass is 458 g/mol. The molecule has 1 amide bonds. The molecule has 0 bridgehead atoms. The summed E-state index contributed by atoms with van der Waals surface area (Å²) in [5.74, 6) is 0.0511. The van der Waals surface area contributed by atoms with Crippen molar-refractivity contribution in [2.75, 3.05) is 5.43 Å². The summed E-state index contributed by atoms with van der Waals surface area (Å²) in [6, 6.07) is 4.27. The van der Waals surface area contributed by atoms with Gasteiger partial charge in [0.1, 0.15) is 0 Å². The van der Waals surface area contributed by atoms with Crippen LogP contribution in [0.4, 0.5) is 0 Å². The molecule has 10 heteroatoms. The number of amides is 1. The number of nitrogens with zero attached hydrogens (tertiary/aromatic N) is 2. The molecule has 0 aliphatic heterocycles. The average Bonchev–Trinajstić information content (AvgIpc) is 3.52. The number of nitrogens with one attached hydrogen (secondary N) is 2. The molecule has 2 aromatic rings. The Morgan fingerprint density at radius 1 is 1.12 bits per heavy atom. The highest BCUT2D eigenvalue weighted by Crippen LogP contribution is 2.75. The number of carbonyl (C=O) groups excluding carboxylic acids is 1. The molecule has 4 saturated carbocycles. The summed E-state index contributed by atoms with van der Waals surface area (Å²) in [4.78, 5) is 39.2. The standard InChI is InChI=1S/C22H26N4O5S/c1-20(5-6-20)12-25-16-4-3-14(32(30,31)24-21(2)7-8-21)9-15(16)17(27)26(19(25)29)23-18(28)22-10-13(22)11-22/h3-4,9,13,24H,5-8,10-12H2,1-2H3,(H,23,28). The molecule has 1 aromatic carbocycles. The van der Waals surface area contributed by atoms with E-state index in [0.29, 0.717) is 18.0 Å². The van der Waals surface area contributed by atoms with Crippen LogP contribution >= 0.6 is 0 Å². The zero-order chi connectivity index (χ0) is 22.7. The van der Waals surface area contributed by atoms with Gasteiger partial charge in [-0.1, -0.05) is 6.92 Å². The molecule has 1 aromatic heterocycles. The summed E-state index contributed by atoms with van der Waals surface area (Å²) in [6.07, 6.45) is 5.04. The molecular weight excluding hydrogens is 432 g/mol. The quantitative estimate of drug-likeness (QED) is 0.648. The largest absolute Gasteiger partial charge is 0.350 e. The Labute approximate surface area is 184 Å². The minimum absolute atomic E-state index is 0.0287. The number of sulfonamides is 1. The molecule has 9 nitrogen and oxygen atoms in total. The number of benzene rings is 1. The van der Waals surface area contributed by atoms with E-state index >= 15 is 0 Å². The van der Waals surface area contributed by atoms with Crippen molar-refractivity contribution in [2.45, 2.75) is 69.4 Å². The average molecular weight is 459 g/mol. The lowest BCUT2D eigenvalue weighted by Gasteiger charge is -2.18. The van der Waals surface area contributed by atoms with Crippen molar-refractivity contribution in [3.63, 3.8) is 0 Å². The third-order valence-electron chi connectivity index (χ3n) is 7.80. The second-order valence-electron chi connectivity index (χ2n) is 10.9. The van der Waals surface area contributed by atoms with Crippen molar-refractivity contribution in [2.24, 2.45) is 16.7 Å². The molecule has 4 aliphatic rings. The Morgan fingerprint density at radius 2 is 1.78 bits per heavy atom. The first kappa shape index (κ1) is 20.2. The molecule has 0 radical (unpaired) electrons. The van der Waals surface area contributed by atoms with Gasteiger partial charge >= 0.3 is 5.69 Å². The number of hydrogen-bond donors (Lipinski definition) is 2. The Hall–Kier alpha value is -2.46. The molecule has 0 saturated heterocycles. The van der Waals surface area contributed by atoms with Gasteiger partial charge in [0.05, 0.1) is 21.2 Å². The maximum absolute atomic E-state index is 13.3. The zero-order valence-electron chi connectivity index (χ0n) is 18.1. The van der Waals surface area contributed by atoms with Gasteiger partial charge in [0, 0.05) is 12.1 Å². The van der Waals surface area contributed by atoms with Crippen LogP contribution in [0.5, 0.6) is 0 Å². The van der Waals surface area contributed by atoms with Gasteiger partial charge in [-0.2, -0.15) is 4.68 Å². The summed E-state index contributed by atoms with van der Waals surface area (Å²) in [6.45, 7) is 4.30. The Morgan fingerprint density at radius 3 is 2.34 bits per heavy atom. The van der Waals surface area contributed by atoms with E-state index in [0.717, 1.165) is 43.2 Å². The second kappa shape index (κ2) is 5.91. The molecule has 4 aliphatic carbocycles. The predicted octanol–water partition coefficient (Wildman–Crippen LogP) is 1.27. The van der Waals surface area contributed by atoms with E-state index in [4.69, 9.17) is 0 Å². The molecule has 0 unspecified atom stereocenters. The molecule has 170 valence electrons. The molecule has 2 N–H and O–H groups in total. The summed E-state index contributed by atoms with van der Waals surface area (Å²) in [5, 5.41) is 0.0959. The van der Waals surface area contributed by atoms with Gasteiger partial charge in [0.15, 0.2) is 0 Å². The first-order chi connectivity index (χ1) is 15.0. The normalized spacial score (nSPS) is 28.1. The fourth-order valence-electron chi connectivity index (χ4n) is 4.48. The minimum atomic E-state index is -3.82. The van der Waals surface area contributed by atoms with Crippen molar-refractivity contribution in [1.82, 2.24) is 14.0 Å². The van der Waals surface area contributed by atoms with Crippen LogP contribution < -0.4 is 21.4 Å². The van der Waals surface area contributed by atoms with Gasteiger partial charge in [0.2, 0.25) is 15.9 Å². The van der Waals surface area contributed by atoms with Crippen LogP contribution in [0.15, 0.2) is 32.7 Å². The van der Waals surface area contributed by atoms with E-state index in [-0.39, 0.29) is 21.6 Å². The number of rotatable bonds is 7. The molecule has 4 fully saturated rings. The van der Waals surface area contributed by atoms with Crippen molar-refractivity contribution in [3.8, 4) is 0 Å². The van der Waals surface area contributed by atoms with Crippen LogP contribution in [-0.2, 0) is 21.4 Å². The van der Waals surface area contributed by atoms with E-state index in [1.54, 1.807) is 0 Å². The van der Waals surface area contributed by atoms with Gasteiger partial charge in [-0.05, 0) is 75.0 Å². The first-order valence-corrected chi connectivity index (χ1v) is 12.6. The molecule has 0 spiro atoms. The van der Waals surface area contributed by atoms with E-state index in [9.17, 15) is 22.8 Å². The van der Waals surface area contributed by atoms with Gasteiger partial charge in [-0.15, -0.1) is 0 Å². The maximum Gasteiger partial charge on any atom is 0.350 e. The summed E-state index contributed by atoms with van der Waals surface area (Å²) >= 11 is 0. The van der Waals surface area contributed by atoms with Crippen LogP contribution in [0.3, 0.4) is 0 Å². The van der Waals surface area contributed by atoms with Crippen LogP contribution in [0, 0.1) is 16.7 Å². The Bertz CT molecular complexity index is 1420. The number of fused-ring (bicyclic) bond motifs is 2. The molecule has 6 rings (SSSR count). The molecular formula is C22H26N4O5S. The highest BCUT2D eigenvalue weighted by Gasteiger charge is 2.74. The van der Waals surface area contributed by atoms with Crippen molar-refractivity contribution in [1.29, 1.82) is 0 Å². The maximum atomic E-state index is 13.3. The molecule has 0 atom stereocenters. The first-order valence-electron chi connectivity index (χ1n) is 11.1. The topological polar surface area (TPSA) is 119 Å². The molecule has 1 heterocycles. The third kappa shape index (κ3) is 3.07. The third-order valence-corrected chi connectivity index (χ3v) is 9.43. The second-order valence-corrected chi connectivity index (χ2v) is 12.5. The lowest BCUT2D eigenvalue weighted by molar-refractivity contribution is -0.120. The van der Waals surface area contributed by atoms with Crippen LogP contribution in [-0.4, -0.2) is 29.1 Å². The van der Waals surface area contributed by atoms with Crippen LogP contribution in [0.25, 0.3) is 10.9 Å². The van der Waals surface area contributed by atoms with Gasteiger partial charge in [0.25, 0.3) is 5.56 Å². The van der Waals surface area contributed by atoms with Gasteiger partial charge in [-0.25, -0.2) is 17.9 Å². The van der Waals surface area contributed by atoms with E-state index in [1.165, 1.54) is 22.8 Å². The summed E-state index contributed by atoms with van der Waals surface area (Å²) < 4.78 is 30.7. The number of aromatic nitrogens is 2. The number of carbonyl (C=O) groups is 1. The fraction of sp³-hybridized carbons (Fsp3) is 0.591. The highest BCUT2D eigenvalue weighted by atomic mass is 32.2. The summed E-state index contributed by atoms with van der Waals surface area (Å²) in [5.41, 5.74) is 0.690. The zero-order valence-corrected chi connectivity index (χ0v) is 18.9. The Kier molecular flexibility index (Phi) is 3.72. The molecule has 32 heavy (non-hydrogen) atoms. The van der Waals surface area contributed by atoms with Crippen LogP contribution in [0.2, 0.25) is 0 Å². The fourth-order valence-corrected chi connectivity index (χ4v) is 5.97. The predicted molar refractivity (Wildman–Crippen MR) is 117 cm³/mol. The Balaban J connectivity index is 1.49. The van der Waals surface area contributed by atoms with Crippen LogP contribution in [0.1, 0.15) is 52.4 Å². The lowest BCUT2D eigenvalue weighted by atomic mass is 10.1.